The SMILES string of the molecule is C=CCn1c(CNC(=O)c2ccc(OC)c(OC)c2)nnc1SCC(=O)Nc1cc(C)cc(C)c1. The summed E-state index contributed by atoms with van der Waals surface area (Å²) in [5, 5.41) is 14.7. The molecular formula is C25H29N5O4S. The Bertz CT molecular complexity index is 1200. The Morgan fingerprint density at radius 1 is 1.06 bits per heavy atom. The van der Waals surface area contributed by atoms with Crippen LogP contribution in [0.4, 0.5) is 5.69 Å². The van der Waals surface area contributed by atoms with Crippen LogP contribution in [-0.4, -0.2) is 46.6 Å². The highest BCUT2D eigenvalue weighted by atomic mass is 32.2. The third-order valence-corrected chi connectivity index (χ3v) is 5.96. The Labute approximate surface area is 208 Å². The first-order valence-electron chi connectivity index (χ1n) is 10.9. The Hall–Kier alpha value is -3.79. The Morgan fingerprint density at radius 2 is 1.77 bits per heavy atom. The summed E-state index contributed by atoms with van der Waals surface area (Å²) in [4.78, 5) is 25.1. The molecule has 10 heteroatoms. The topological polar surface area (TPSA) is 107 Å². The molecule has 0 aliphatic heterocycles. The van der Waals surface area contributed by atoms with Crippen LogP contribution in [0.1, 0.15) is 27.3 Å². The van der Waals surface area contributed by atoms with Gasteiger partial charge in [0.05, 0.1) is 26.5 Å². The van der Waals surface area contributed by atoms with Gasteiger partial charge in [0.25, 0.3) is 5.91 Å². The van der Waals surface area contributed by atoms with Crippen molar-refractivity contribution in [1.82, 2.24) is 20.1 Å². The standard InChI is InChI=1S/C25H29N5O4S/c1-6-9-30-22(14-26-24(32)18-7-8-20(33-4)21(13-18)34-5)28-29-25(30)35-15-23(31)27-19-11-16(2)10-17(3)12-19/h6-8,10-13H,1,9,14-15H2,2-5H3,(H,26,32)(H,27,31). The van der Waals surface area contributed by atoms with Crippen LogP contribution in [0.2, 0.25) is 0 Å². The molecule has 0 radical (unpaired) electrons. The third-order valence-electron chi connectivity index (χ3n) is 5.00. The van der Waals surface area contributed by atoms with Crippen LogP contribution in [0.25, 0.3) is 0 Å². The van der Waals surface area contributed by atoms with E-state index in [9.17, 15) is 9.59 Å². The Kier molecular flexibility index (Phi) is 8.91. The summed E-state index contributed by atoms with van der Waals surface area (Å²) in [7, 11) is 3.05. The van der Waals surface area contributed by atoms with E-state index in [1.54, 1.807) is 24.3 Å². The molecule has 0 bridgehead atoms. The van der Waals surface area contributed by atoms with Crippen LogP contribution < -0.4 is 20.1 Å². The molecule has 9 nitrogen and oxygen atoms in total. The number of amides is 2. The molecule has 1 aromatic heterocycles. The second-order valence-electron chi connectivity index (χ2n) is 7.76. The van der Waals surface area contributed by atoms with Crippen LogP contribution in [-0.2, 0) is 17.9 Å². The zero-order chi connectivity index (χ0) is 25.4. The molecule has 3 aromatic rings. The molecule has 0 saturated carbocycles. The van der Waals surface area contributed by atoms with E-state index in [1.807, 2.05) is 36.6 Å². The molecule has 0 aliphatic carbocycles. The maximum atomic E-state index is 12.7. The summed E-state index contributed by atoms with van der Waals surface area (Å²) in [6, 6.07) is 10.8. The van der Waals surface area contributed by atoms with Gasteiger partial charge in [-0.15, -0.1) is 16.8 Å². The summed E-state index contributed by atoms with van der Waals surface area (Å²) >= 11 is 1.27. The van der Waals surface area contributed by atoms with Gasteiger partial charge in [-0.2, -0.15) is 0 Å². The first-order chi connectivity index (χ1) is 16.8. The first kappa shape index (κ1) is 25.8. The number of thioether (sulfide) groups is 1. The number of methoxy groups -OCH3 is 2. The fraction of sp³-hybridized carbons (Fsp3) is 0.280. The highest BCUT2D eigenvalue weighted by Gasteiger charge is 2.16. The molecule has 3 rings (SSSR count). The van der Waals surface area contributed by atoms with Crippen molar-refractivity contribution in [2.45, 2.75) is 32.1 Å². The average Bonchev–Trinajstić information content (AvgIpc) is 3.21. The van der Waals surface area contributed by atoms with Crippen LogP contribution in [0.3, 0.4) is 0 Å². The quantitative estimate of drug-likeness (QED) is 0.308. The number of nitrogens with zero attached hydrogens (tertiary/aromatic N) is 3. The number of aromatic nitrogens is 3. The van der Waals surface area contributed by atoms with Crippen LogP contribution >= 0.6 is 11.8 Å². The normalized spacial score (nSPS) is 10.5. The smallest absolute Gasteiger partial charge is 0.251 e. The molecule has 2 N–H and O–H groups in total. The number of rotatable bonds is 11. The largest absolute Gasteiger partial charge is 0.493 e. The fourth-order valence-corrected chi connectivity index (χ4v) is 4.25. The van der Waals surface area contributed by atoms with E-state index in [-0.39, 0.29) is 24.1 Å². The first-order valence-corrected chi connectivity index (χ1v) is 11.9. The van der Waals surface area contributed by atoms with Crippen molar-refractivity contribution in [3.05, 3.63) is 71.6 Å². The van der Waals surface area contributed by atoms with Gasteiger partial charge in [0.15, 0.2) is 22.5 Å². The van der Waals surface area contributed by atoms with E-state index in [2.05, 4.69) is 27.4 Å². The van der Waals surface area contributed by atoms with E-state index in [0.717, 1.165) is 16.8 Å². The van der Waals surface area contributed by atoms with E-state index >= 15 is 0 Å². The van der Waals surface area contributed by atoms with E-state index in [0.29, 0.717) is 34.6 Å². The molecule has 2 amide bonds. The highest BCUT2D eigenvalue weighted by Crippen LogP contribution is 2.27. The number of hydrogen-bond acceptors (Lipinski definition) is 7. The number of anilines is 1. The van der Waals surface area contributed by atoms with Gasteiger partial charge in [0, 0.05) is 17.8 Å². The minimum atomic E-state index is -0.291. The van der Waals surface area contributed by atoms with Crippen molar-refractivity contribution in [2.75, 3.05) is 25.3 Å². The second kappa shape index (κ2) is 12.1. The molecule has 2 aromatic carbocycles. The maximum absolute atomic E-state index is 12.7. The van der Waals surface area contributed by atoms with Crippen LogP contribution in [0, 0.1) is 13.8 Å². The number of ether oxygens (including phenoxy) is 2. The summed E-state index contributed by atoms with van der Waals surface area (Å²) in [6.45, 7) is 8.36. The predicted octanol–water partition coefficient (Wildman–Crippen LogP) is 3.76. The van der Waals surface area contributed by atoms with Gasteiger partial charge < -0.3 is 24.7 Å². The van der Waals surface area contributed by atoms with Crippen molar-refractivity contribution in [2.24, 2.45) is 0 Å². The lowest BCUT2D eigenvalue weighted by Crippen LogP contribution is -2.25. The van der Waals surface area contributed by atoms with Crippen molar-refractivity contribution in [3.63, 3.8) is 0 Å². The van der Waals surface area contributed by atoms with Gasteiger partial charge in [0.1, 0.15) is 0 Å². The molecule has 0 aliphatic rings. The zero-order valence-corrected chi connectivity index (χ0v) is 21.1. The van der Waals surface area contributed by atoms with Crippen molar-refractivity contribution in [3.8, 4) is 11.5 Å². The molecule has 0 saturated heterocycles. The minimum absolute atomic E-state index is 0.142. The van der Waals surface area contributed by atoms with E-state index in [1.165, 1.54) is 26.0 Å². The number of carbonyl (C=O) groups is 2. The summed E-state index contributed by atoms with van der Waals surface area (Å²) in [5.41, 5.74) is 3.35. The van der Waals surface area contributed by atoms with Gasteiger partial charge in [-0.3, -0.25) is 9.59 Å². The van der Waals surface area contributed by atoms with Gasteiger partial charge >= 0.3 is 0 Å². The maximum Gasteiger partial charge on any atom is 0.251 e. The molecule has 0 fully saturated rings. The van der Waals surface area contributed by atoms with Gasteiger partial charge in [-0.05, 0) is 55.3 Å². The molecule has 35 heavy (non-hydrogen) atoms. The molecule has 0 atom stereocenters. The lowest BCUT2D eigenvalue weighted by atomic mass is 10.1. The molecular weight excluding hydrogens is 466 g/mol. The van der Waals surface area contributed by atoms with Gasteiger partial charge in [-0.1, -0.05) is 23.9 Å². The predicted molar refractivity (Wildman–Crippen MR) is 136 cm³/mol. The third kappa shape index (κ3) is 6.86. The summed E-state index contributed by atoms with van der Waals surface area (Å²) in [6.07, 6.45) is 1.71. The van der Waals surface area contributed by atoms with Gasteiger partial charge in [0.2, 0.25) is 5.91 Å². The van der Waals surface area contributed by atoms with Crippen molar-refractivity contribution in [1.29, 1.82) is 0 Å². The molecule has 0 unspecified atom stereocenters. The zero-order valence-electron chi connectivity index (χ0n) is 20.3. The highest BCUT2D eigenvalue weighted by molar-refractivity contribution is 7.99. The van der Waals surface area contributed by atoms with Crippen LogP contribution in [0.5, 0.6) is 11.5 Å². The summed E-state index contributed by atoms with van der Waals surface area (Å²) in [5.74, 6) is 1.29. The average molecular weight is 496 g/mol. The lowest BCUT2D eigenvalue weighted by molar-refractivity contribution is -0.113. The number of carbonyl (C=O) groups excluding carboxylic acids is 2. The van der Waals surface area contributed by atoms with E-state index < -0.39 is 0 Å². The Morgan fingerprint density at radius 3 is 2.43 bits per heavy atom. The summed E-state index contributed by atoms with van der Waals surface area (Å²) < 4.78 is 12.3. The molecule has 184 valence electrons. The number of aryl methyl sites for hydroxylation is 2. The number of nitrogens with one attached hydrogen (secondary N) is 2. The number of allylic oxidation sites excluding steroid dienone is 1. The minimum Gasteiger partial charge on any atom is -0.493 e. The second-order valence-corrected chi connectivity index (χ2v) is 8.71. The number of hydrogen-bond donors (Lipinski definition) is 2. The van der Waals surface area contributed by atoms with Crippen molar-refractivity contribution < 1.29 is 19.1 Å². The fourth-order valence-electron chi connectivity index (χ4n) is 3.48. The molecule has 0 spiro atoms. The monoisotopic (exact) mass is 495 g/mol. The molecule has 1 heterocycles. The van der Waals surface area contributed by atoms with Crippen LogP contribution in [0.15, 0.2) is 54.2 Å². The Balaban J connectivity index is 1.63. The van der Waals surface area contributed by atoms with Crippen molar-refractivity contribution >= 4 is 29.3 Å². The number of benzene rings is 2. The van der Waals surface area contributed by atoms with Gasteiger partial charge in [-0.25, -0.2) is 0 Å². The van der Waals surface area contributed by atoms with E-state index in [4.69, 9.17) is 9.47 Å². The lowest BCUT2D eigenvalue weighted by Gasteiger charge is -2.11.